The lowest BCUT2D eigenvalue weighted by atomic mass is 10.1. The van der Waals surface area contributed by atoms with Crippen molar-refractivity contribution in [2.24, 2.45) is 5.41 Å². The zero-order valence-electron chi connectivity index (χ0n) is 6.79. The van der Waals surface area contributed by atoms with E-state index < -0.39 is 0 Å². The van der Waals surface area contributed by atoms with E-state index >= 15 is 0 Å². The molecule has 1 aromatic heterocycles. The van der Waals surface area contributed by atoms with Crippen LogP contribution in [0.3, 0.4) is 0 Å². The number of hydrogen-bond acceptors (Lipinski definition) is 3. The van der Waals surface area contributed by atoms with Crippen LogP contribution in [-0.2, 0) is 0 Å². The molecule has 0 saturated heterocycles. The minimum Gasteiger partial charge on any atom is -0.368 e. The van der Waals surface area contributed by atoms with Gasteiger partial charge in [-0.1, -0.05) is 19.0 Å². The summed E-state index contributed by atoms with van der Waals surface area (Å²) < 4.78 is 4.79. The Kier molecular flexibility index (Phi) is 1.09. The van der Waals surface area contributed by atoms with Gasteiger partial charge in [0.25, 0.3) is 0 Å². The minimum atomic E-state index is 0.406. The molecule has 0 amide bonds. The third-order valence-electron chi connectivity index (χ3n) is 2.42. The molecule has 2 rings (SSSR count). The quantitative estimate of drug-likeness (QED) is 0.667. The molecule has 3 nitrogen and oxygen atoms in total. The Balaban J connectivity index is 2.20. The Morgan fingerprint density at radius 2 is 2.36 bits per heavy atom. The highest BCUT2D eigenvalue weighted by atomic mass is 16.5. The van der Waals surface area contributed by atoms with Gasteiger partial charge in [-0.2, -0.15) is 0 Å². The molecule has 0 spiro atoms. The van der Waals surface area contributed by atoms with Gasteiger partial charge in [-0.3, -0.25) is 0 Å². The van der Waals surface area contributed by atoms with Crippen molar-refractivity contribution in [1.29, 1.82) is 0 Å². The molecule has 1 aromatic rings. The maximum Gasteiger partial charge on any atom is 0.222 e. The second-order valence-electron chi connectivity index (χ2n) is 3.90. The second kappa shape index (κ2) is 1.78. The van der Waals surface area contributed by atoms with Gasteiger partial charge in [-0.25, -0.2) is 0 Å². The highest BCUT2D eigenvalue weighted by Crippen LogP contribution is 2.58. The molecule has 11 heavy (non-hydrogen) atoms. The second-order valence-corrected chi connectivity index (χ2v) is 3.90. The van der Waals surface area contributed by atoms with Crippen molar-refractivity contribution in [2.75, 3.05) is 5.73 Å². The van der Waals surface area contributed by atoms with Crippen molar-refractivity contribution < 1.29 is 4.52 Å². The fourth-order valence-electron chi connectivity index (χ4n) is 1.44. The van der Waals surface area contributed by atoms with Crippen LogP contribution in [0, 0.1) is 5.41 Å². The van der Waals surface area contributed by atoms with E-state index in [2.05, 4.69) is 19.0 Å². The van der Waals surface area contributed by atoms with Crippen LogP contribution in [0.2, 0.25) is 0 Å². The summed E-state index contributed by atoms with van der Waals surface area (Å²) in [6.07, 6.45) is 1.19. The molecule has 0 radical (unpaired) electrons. The third-order valence-corrected chi connectivity index (χ3v) is 2.42. The van der Waals surface area contributed by atoms with Gasteiger partial charge in [-0.05, 0) is 11.8 Å². The predicted molar refractivity (Wildman–Crippen MR) is 42.1 cm³/mol. The van der Waals surface area contributed by atoms with E-state index in [0.717, 1.165) is 5.69 Å². The molecule has 1 fully saturated rings. The van der Waals surface area contributed by atoms with E-state index in [9.17, 15) is 0 Å². The van der Waals surface area contributed by atoms with Gasteiger partial charge in [0.05, 0.1) is 5.69 Å². The fraction of sp³-hybridized carbons (Fsp3) is 0.625. The number of rotatable bonds is 1. The van der Waals surface area contributed by atoms with Gasteiger partial charge in [-0.15, -0.1) is 0 Å². The molecule has 3 heteroatoms. The van der Waals surface area contributed by atoms with Crippen LogP contribution in [-0.4, -0.2) is 5.16 Å². The molecule has 1 atom stereocenters. The molecule has 60 valence electrons. The first kappa shape index (κ1) is 6.70. The summed E-state index contributed by atoms with van der Waals surface area (Å²) in [5.74, 6) is 0.978. The van der Waals surface area contributed by atoms with Gasteiger partial charge in [0.15, 0.2) is 0 Å². The lowest BCUT2D eigenvalue weighted by Gasteiger charge is -1.96. The standard InChI is InChI=1S/C8H12N2O/c1-8(2)4-5(8)6-3-7(9)11-10-6/h3,5H,4,9H2,1-2H3. The van der Waals surface area contributed by atoms with Crippen molar-refractivity contribution in [2.45, 2.75) is 26.2 Å². The summed E-state index contributed by atoms with van der Waals surface area (Å²) in [6, 6.07) is 1.82. The van der Waals surface area contributed by atoms with E-state index in [0.29, 0.717) is 17.2 Å². The molecule has 1 aliphatic carbocycles. The molecule has 1 unspecified atom stereocenters. The molecule has 1 heterocycles. The number of aromatic nitrogens is 1. The van der Waals surface area contributed by atoms with Crippen LogP contribution < -0.4 is 5.73 Å². The summed E-state index contributed by atoms with van der Waals surface area (Å²) in [5.41, 5.74) is 6.82. The topological polar surface area (TPSA) is 52.0 Å². The zero-order valence-corrected chi connectivity index (χ0v) is 6.79. The minimum absolute atomic E-state index is 0.406. The van der Waals surface area contributed by atoms with Gasteiger partial charge in [0.1, 0.15) is 0 Å². The first-order valence-electron chi connectivity index (χ1n) is 3.82. The van der Waals surface area contributed by atoms with Crippen LogP contribution in [0.4, 0.5) is 5.88 Å². The third kappa shape index (κ3) is 1.00. The molecular formula is C8H12N2O. The molecule has 0 aliphatic heterocycles. The average molecular weight is 152 g/mol. The largest absolute Gasteiger partial charge is 0.368 e. The van der Waals surface area contributed by atoms with Crippen molar-refractivity contribution in [3.8, 4) is 0 Å². The lowest BCUT2D eigenvalue weighted by molar-refractivity contribution is 0.424. The Bertz CT molecular complexity index is 277. The van der Waals surface area contributed by atoms with Crippen LogP contribution in [0.1, 0.15) is 31.9 Å². The SMILES string of the molecule is CC1(C)CC1c1cc(N)on1. The average Bonchev–Trinajstić information content (AvgIpc) is 2.39. The maximum absolute atomic E-state index is 5.40. The summed E-state index contributed by atoms with van der Waals surface area (Å²) in [7, 11) is 0. The van der Waals surface area contributed by atoms with E-state index in [1.165, 1.54) is 6.42 Å². The monoisotopic (exact) mass is 152 g/mol. The van der Waals surface area contributed by atoms with Gasteiger partial charge >= 0.3 is 0 Å². The Hall–Kier alpha value is -0.990. The normalized spacial score (nSPS) is 26.9. The van der Waals surface area contributed by atoms with Crippen LogP contribution in [0.5, 0.6) is 0 Å². The molecule has 0 bridgehead atoms. The van der Waals surface area contributed by atoms with Crippen molar-refractivity contribution in [3.05, 3.63) is 11.8 Å². The van der Waals surface area contributed by atoms with Crippen molar-refractivity contribution in [3.63, 3.8) is 0 Å². The highest BCUT2D eigenvalue weighted by molar-refractivity contribution is 5.30. The smallest absolute Gasteiger partial charge is 0.222 e. The number of nitrogen functional groups attached to an aromatic ring is 1. The molecule has 0 aromatic carbocycles. The molecule has 2 N–H and O–H groups in total. The van der Waals surface area contributed by atoms with E-state index in [4.69, 9.17) is 10.3 Å². The molecule has 1 aliphatic rings. The molecule has 1 saturated carbocycles. The Morgan fingerprint density at radius 1 is 1.73 bits per heavy atom. The lowest BCUT2D eigenvalue weighted by Crippen LogP contribution is -1.89. The zero-order chi connectivity index (χ0) is 8.06. The highest BCUT2D eigenvalue weighted by Gasteiger charge is 2.48. The van der Waals surface area contributed by atoms with Gasteiger partial charge in [0, 0.05) is 12.0 Å². The van der Waals surface area contributed by atoms with Crippen LogP contribution in [0.25, 0.3) is 0 Å². The first-order chi connectivity index (χ1) is 5.09. The number of anilines is 1. The van der Waals surface area contributed by atoms with Gasteiger partial charge in [0.2, 0.25) is 5.88 Å². The van der Waals surface area contributed by atoms with E-state index in [-0.39, 0.29) is 0 Å². The predicted octanol–water partition coefficient (Wildman–Crippen LogP) is 1.77. The molecular weight excluding hydrogens is 140 g/mol. The fourth-order valence-corrected chi connectivity index (χ4v) is 1.44. The van der Waals surface area contributed by atoms with E-state index in [1.807, 2.05) is 6.07 Å². The Morgan fingerprint density at radius 3 is 2.73 bits per heavy atom. The Labute approximate surface area is 65.6 Å². The summed E-state index contributed by atoms with van der Waals surface area (Å²) in [4.78, 5) is 0. The number of hydrogen-bond donors (Lipinski definition) is 1. The van der Waals surface area contributed by atoms with Crippen molar-refractivity contribution in [1.82, 2.24) is 5.16 Å². The number of nitrogens with zero attached hydrogens (tertiary/aromatic N) is 1. The number of nitrogens with two attached hydrogens (primary N) is 1. The first-order valence-corrected chi connectivity index (χ1v) is 3.82. The van der Waals surface area contributed by atoms with Crippen LogP contribution in [0.15, 0.2) is 10.6 Å². The summed E-state index contributed by atoms with van der Waals surface area (Å²) in [6.45, 7) is 4.45. The summed E-state index contributed by atoms with van der Waals surface area (Å²) >= 11 is 0. The van der Waals surface area contributed by atoms with Crippen molar-refractivity contribution >= 4 is 5.88 Å². The maximum atomic E-state index is 5.40. The van der Waals surface area contributed by atoms with Gasteiger partial charge < -0.3 is 10.3 Å². The van der Waals surface area contributed by atoms with Crippen LogP contribution >= 0.6 is 0 Å². The summed E-state index contributed by atoms with van der Waals surface area (Å²) in [5, 5.41) is 3.87. The van der Waals surface area contributed by atoms with E-state index in [1.54, 1.807) is 0 Å².